The second-order valence-electron chi connectivity index (χ2n) is 6.34. The Morgan fingerprint density at radius 3 is 2.17 bits per heavy atom. The minimum atomic E-state index is -3.58. The van der Waals surface area contributed by atoms with Gasteiger partial charge < -0.3 is 4.90 Å². The van der Waals surface area contributed by atoms with Crippen molar-refractivity contribution < 1.29 is 8.42 Å². The molecular formula is C19H24N2O2S. The van der Waals surface area contributed by atoms with Crippen LogP contribution in [0, 0.1) is 6.92 Å². The summed E-state index contributed by atoms with van der Waals surface area (Å²) in [5, 5.41) is 0. The molecule has 1 aliphatic rings. The van der Waals surface area contributed by atoms with Crippen LogP contribution in [0.25, 0.3) is 0 Å². The molecule has 2 aromatic carbocycles. The van der Waals surface area contributed by atoms with E-state index in [1.165, 1.54) is 12.8 Å². The van der Waals surface area contributed by atoms with Gasteiger partial charge in [0.15, 0.2) is 0 Å². The van der Waals surface area contributed by atoms with Crippen molar-refractivity contribution >= 4 is 21.4 Å². The summed E-state index contributed by atoms with van der Waals surface area (Å²) in [4.78, 5) is 2.58. The summed E-state index contributed by atoms with van der Waals surface area (Å²) < 4.78 is 28.1. The third-order valence-corrected chi connectivity index (χ3v) is 5.81. The Morgan fingerprint density at radius 1 is 0.875 bits per heavy atom. The summed E-state index contributed by atoms with van der Waals surface area (Å²) in [6.45, 7) is 3.89. The fourth-order valence-corrected chi connectivity index (χ4v) is 4.14. The van der Waals surface area contributed by atoms with E-state index in [-0.39, 0.29) is 0 Å². The first-order chi connectivity index (χ1) is 11.6. The molecule has 1 saturated heterocycles. The van der Waals surface area contributed by atoms with Crippen LogP contribution < -0.4 is 9.62 Å². The second kappa shape index (κ2) is 7.26. The van der Waals surface area contributed by atoms with Gasteiger partial charge in [-0.1, -0.05) is 42.7 Å². The smallest absolute Gasteiger partial charge is 0.261 e. The van der Waals surface area contributed by atoms with Gasteiger partial charge in [0.1, 0.15) is 0 Å². The van der Waals surface area contributed by atoms with Crippen molar-refractivity contribution in [3.63, 3.8) is 0 Å². The highest BCUT2D eigenvalue weighted by molar-refractivity contribution is 7.92. The minimum absolute atomic E-state index is 0.291. The van der Waals surface area contributed by atoms with Gasteiger partial charge in [0.05, 0.1) is 16.3 Å². The Bertz CT molecular complexity index is 777. The quantitative estimate of drug-likeness (QED) is 0.905. The number of anilines is 2. The zero-order chi connectivity index (χ0) is 17.0. The highest BCUT2D eigenvalue weighted by Crippen LogP contribution is 2.29. The lowest BCUT2D eigenvalue weighted by atomic mass is 10.2. The molecule has 0 spiro atoms. The maximum absolute atomic E-state index is 12.7. The van der Waals surface area contributed by atoms with Gasteiger partial charge >= 0.3 is 0 Å². The normalized spacial score (nSPS) is 15.8. The molecule has 0 aromatic heterocycles. The van der Waals surface area contributed by atoms with Crippen LogP contribution in [0.15, 0.2) is 53.4 Å². The molecule has 1 heterocycles. The van der Waals surface area contributed by atoms with Gasteiger partial charge in [0, 0.05) is 13.1 Å². The van der Waals surface area contributed by atoms with Crippen LogP contribution >= 0.6 is 0 Å². The number of rotatable bonds is 4. The summed E-state index contributed by atoms with van der Waals surface area (Å²) in [5.41, 5.74) is 2.66. The Hall–Kier alpha value is -2.01. The van der Waals surface area contributed by atoms with Gasteiger partial charge in [0.25, 0.3) is 10.0 Å². The molecule has 0 saturated carbocycles. The number of sulfonamides is 1. The van der Waals surface area contributed by atoms with Gasteiger partial charge in [-0.05, 0) is 44.0 Å². The van der Waals surface area contributed by atoms with E-state index in [1.807, 2.05) is 43.3 Å². The molecule has 3 rings (SSSR count). The molecule has 0 bridgehead atoms. The van der Waals surface area contributed by atoms with Crippen LogP contribution in [0.4, 0.5) is 11.4 Å². The Morgan fingerprint density at radius 2 is 1.50 bits per heavy atom. The zero-order valence-electron chi connectivity index (χ0n) is 14.0. The van der Waals surface area contributed by atoms with Crippen LogP contribution in [-0.4, -0.2) is 21.5 Å². The average Bonchev–Trinajstić information content (AvgIpc) is 2.84. The maximum Gasteiger partial charge on any atom is 0.261 e. The highest BCUT2D eigenvalue weighted by atomic mass is 32.2. The largest absolute Gasteiger partial charge is 0.370 e. The number of nitrogens with one attached hydrogen (secondary N) is 1. The minimum Gasteiger partial charge on any atom is -0.370 e. The van der Waals surface area contributed by atoms with Crippen LogP contribution in [-0.2, 0) is 10.0 Å². The molecule has 0 amide bonds. The van der Waals surface area contributed by atoms with E-state index in [9.17, 15) is 8.42 Å². The SMILES string of the molecule is Cc1ccc(S(=O)(=O)Nc2ccccc2N2CCCCCC2)cc1. The van der Waals surface area contributed by atoms with Crippen molar-refractivity contribution in [2.45, 2.75) is 37.5 Å². The number of benzene rings is 2. The third-order valence-electron chi connectivity index (χ3n) is 4.43. The molecule has 0 radical (unpaired) electrons. The first-order valence-corrected chi connectivity index (χ1v) is 9.98. The lowest BCUT2D eigenvalue weighted by Gasteiger charge is -2.25. The van der Waals surface area contributed by atoms with E-state index in [0.29, 0.717) is 10.6 Å². The highest BCUT2D eigenvalue weighted by Gasteiger charge is 2.18. The van der Waals surface area contributed by atoms with Crippen LogP contribution in [0.3, 0.4) is 0 Å². The number of nitrogens with zero attached hydrogens (tertiary/aromatic N) is 1. The second-order valence-corrected chi connectivity index (χ2v) is 8.02. The lowest BCUT2D eigenvalue weighted by molar-refractivity contribution is 0.601. The van der Waals surface area contributed by atoms with E-state index in [0.717, 1.165) is 37.2 Å². The number of hydrogen-bond acceptors (Lipinski definition) is 3. The molecule has 5 heteroatoms. The monoisotopic (exact) mass is 344 g/mol. The first-order valence-electron chi connectivity index (χ1n) is 8.50. The number of hydrogen-bond donors (Lipinski definition) is 1. The predicted molar refractivity (Wildman–Crippen MR) is 99.1 cm³/mol. The standard InChI is InChI=1S/C19H24N2O2S/c1-16-10-12-17(13-11-16)24(22,23)20-18-8-4-5-9-19(18)21-14-6-2-3-7-15-21/h4-5,8-13,20H,2-3,6-7,14-15H2,1H3. The first kappa shape index (κ1) is 16.8. The van der Waals surface area contributed by atoms with E-state index >= 15 is 0 Å². The van der Waals surface area contributed by atoms with Gasteiger partial charge in [-0.2, -0.15) is 0 Å². The van der Waals surface area contributed by atoms with Crippen molar-refractivity contribution in [1.82, 2.24) is 0 Å². The van der Waals surface area contributed by atoms with Gasteiger partial charge in [-0.3, -0.25) is 4.72 Å². The van der Waals surface area contributed by atoms with Gasteiger partial charge in [-0.25, -0.2) is 8.42 Å². The third kappa shape index (κ3) is 3.90. The van der Waals surface area contributed by atoms with Gasteiger partial charge in [0.2, 0.25) is 0 Å². The van der Waals surface area contributed by atoms with Crippen molar-refractivity contribution in [3.05, 3.63) is 54.1 Å². The molecule has 2 aromatic rings. The summed E-state index contributed by atoms with van der Waals surface area (Å²) in [6.07, 6.45) is 4.79. The average molecular weight is 344 g/mol. The van der Waals surface area contributed by atoms with E-state index in [2.05, 4.69) is 9.62 Å². The molecular weight excluding hydrogens is 320 g/mol. The fourth-order valence-electron chi connectivity index (χ4n) is 3.07. The molecule has 0 aliphatic carbocycles. The molecule has 4 nitrogen and oxygen atoms in total. The van der Waals surface area contributed by atoms with Crippen molar-refractivity contribution in [2.24, 2.45) is 0 Å². The van der Waals surface area contributed by atoms with Crippen LogP contribution in [0.1, 0.15) is 31.2 Å². The number of para-hydroxylation sites is 2. The van der Waals surface area contributed by atoms with E-state index in [4.69, 9.17) is 0 Å². The molecule has 0 unspecified atom stereocenters. The molecule has 24 heavy (non-hydrogen) atoms. The Labute approximate surface area is 144 Å². The maximum atomic E-state index is 12.7. The topological polar surface area (TPSA) is 49.4 Å². The summed E-state index contributed by atoms with van der Waals surface area (Å²) >= 11 is 0. The summed E-state index contributed by atoms with van der Waals surface area (Å²) in [6, 6.07) is 14.6. The van der Waals surface area contributed by atoms with Crippen LogP contribution in [0.2, 0.25) is 0 Å². The van der Waals surface area contributed by atoms with Gasteiger partial charge in [-0.15, -0.1) is 0 Å². The molecule has 0 atom stereocenters. The summed E-state index contributed by atoms with van der Waals surface area (Å²) in [7, 11) is -3.58. The van der Waals surface area contributed by atoms with Crippen molar-refractivity contribution in [3.8, 4) is 0 Å². The zero-order valence-corrected chi connectivity index (χ0v) is 14.8. The van der Waals surface area contributed by atoms with E-state index in [1.54, 1.807) is 12.1 Å². The Balaban J connectivity index is 1.88. The van der Waals surface area contributed by atoms with Crippen LogP contribution in [0.5, 0.6) is 0 Å². The summed E-state index contributed by atoms with van der Waals surface area (Å²) in [5.74, 6) is 0. The van der Waals surface area contributed by atoms with Crippen molar-refractivity contribution in [2.75, 3.05) is 22.7 Å². The fraction of sp³-hybridized carbons (Fsp3) is 0.368. The number of aryl methyl sites for hydroxylation is 1. The van der Waals surface area contributed by atoms with E-state index < -0.39 is 10.0 Å². The van der Waals surface area contributed by atoms with Crippen molar-refractivity contribution in [1.29, 1.82) is 0 Å². The molecule has 128 valence electrons. The molecule has 1 aliphatic heterocycles. The molecule has 1 fully saturated rings. The lowest BCUT2D eigenvalue weighted by Crippen LogP contribution is -2.25. The Kier molecular flexibility index (Phi) is 5.09. The molecule has 1 N–H and O–H groups in total. The predicted octanol–water partition coefficient (Wildman–Crippen LogP) is 4.18.